The highest BCUT2D eigenvalue weighted by molar-refractivity contribution is 4.52. The second-order valence-electron chi connectivity index (χ2n) is 4.62. The molecule has 0 spiro atoms. The minimum atomic E-state index is -0.916. The molecule has 0 aromatic rings. The molecule has 118 valence electrons. The number of hydrogen-bond acceptors (Lipinski definition) is 5. The molecule has 4 N–H and O–H groups in total. The summed E-state index contributed by atoms with van der Waals surface area (Å²) >= 11 is 0. The van der Waals surface area contributed by atoms with E-state index in [-0.39, 0.29) is 26.4 Å². The van der Waals surface area contributed by atoms with Crippen molar-refractivity contribution >= 4 is 0 Å². The van der Waals surface area contributed by atoms with Crippen LogP contribution in [0.25, 0.3) is 0 Å². The predicted molar refractivity (Wildman–Crippen MR) is 76.1 cm³/mol. The lowest BCUT2D eigenvalue weighted by Crippen LogP contribution is -2.25. The minimum absolute atomic E-state index is 0.0342. The summed E-state index contributed by atoms with van der Waals surface area (Å²) in [4.78, 5) is 0. The zero-order valence-corrected chi connectivity index (χ0v) is 12.4. The zero-order chi connectivity index (χ0) is 14.9. The Kier molecular flexibility index (Phi) is 19.8. The Morgan fingerprint density at radius 2 is 1.11 bits per heavy atom. The SMILES string of the molecule is CCCCCCCC.OCC(O)COCC(O)CO. The number of rotatable bonds is 11. The Labute approximate surface area is 117 Å². The lowest BCUT2D eigenvalue weighted by atomic mass is 10.1. The normalized spacial score (nSPS) is 13.6. The van der Waals surface area contributed by atoms with Gasteiger partial charge in [0.1, 0.15) is 12.2 Å². The van der Waals surface area contributed by atoms with Crippen LogP contribution in [0.2, 0.25) is 0 Å². The highest BCUT2D eigenvalue weighted by Gasteiger charge is 2.04. The van der Waals surface area contributed by atoms with Crippen molar-refractivity contribution in [2.24, 2.45) is 0 Å². The predicted octanol–water partition coefficient (Wildman–Crippen LogP) is 1.08. The lowest BCUT2D eigenvalue weighted by molar-refractivity contribution is -0.0364. The van der Waals surface area contributed by atoms with Gasteiger partial charge in [-0.25, -0.2) is 0 Å². The van der Waals surface area contributed by atoms with Crippen molar-refractivity contribution in [3.63, 3.8) is 0 Å². The van der Waals surface area contributed by atoms with Crippen molar-refractivity contribution in [3.05, 3.63) is 0 Å². The van der Waals surface area contributed by atoms with E-state index in [0.717, 1.165) is 0 Å². The summed E-state index contributed by atoms with van der Waals surface area (Å²) in [6.45, 7) is 3.71. The average molecular weight is 280 g/mol. The summed E-state index contributed by atoms with van der Waals surface area (Å²) in [5, 5.41) is 34.1. The maximum atomic E-state index is 8.72. The molecule has 0 radical (unpaired) electrons. The van der Waals surface area contributed by atoms with E-state index in [0.29, 0.717) is 0 Å². The second-order valence-corrected chi connectivity index (χ2v) is 4.62. The zero-order valence-electron chi connectivity index (χ0n) is 12.4. The van der Waals surface area contributed by atoms with E-state index in [1.165, 1.54) is 38.5 Å². The smallest absolute Gasteiger partial charge is 0.100 e. The van der Waals surface area contributed by atoms with Crippen LogP contribution in [0.15, 0.2) is 0 Å². The van der Waals surface area contributed by atoms with Crippen LogP contribution >= 0.6 is 0 Å². The number of aliphatic hydroxyl groups is 4. The third-order valence-corrected chi connectivity index (χ3v) is 2.50. The molecule has 5 nitrogen and oxygen atoms in total. The Bertz CT molecular complexity index is 139. The maximum Gasteiger partial charge on any atom is 0.100 e. The molecule has 0 aliphatic rings. The molecular formula is C14H32O5. The van der Waals surface area contributed by atoms with Crippen molar-refractivity contribution in [2.75, 3.05) is 26.4 Å². The molecule has 0 amide bonds. The quantitative estimate of drug-likeness (QED) is 0.425. The van der Waals surface area contributed by atoms with Gasteiger partial charge < -0.3 is 25.2 Å². The van der Waals surface area contributed by atoms with Gasteiger partial charge in [-0.05, 0) is 0 Å². The standard InChI is InChI=1S/C8H18.C6H14O5/c1-3-5-7-8-6-4-2;7-1-5(9)3-11-4-6(10)2-8/h3-8H2,1-2H3;5-10H,1-4H2. The van der Waals surface area contributed by atoms with Gasteiger partial charge in [0.2, 0.25) is 0 Å². The molecule has 2 unspecified atom stereocenters. The minimum Gasteiger partial charge on any atom is -0.394 e. The van der Waals surface area contributed by atoms with E-state index < -0.39 is 12.2 Å². The van der Waals surface area contributed by atoms with E-state index in [1.54, 1.807) is 0 Å². The first-order valence-electron chi connectivity index (χ1n) is 7.27. The fraction of sp³-hybridized carbons (Fsp3) is 1.00. The van der Waals surface area contributed by atoms with Gasteiger partial charge in [0.25, 0.3) is 0 Å². The first-order valence-corrected chi connectivity index (χ1v) is 7.27. The highest BCUT2D eigenvalue weighted by atomic mass is 16.5. The van der Waals surface area contributed by atoms with Crippen LogP contribution in [-0.4, -0.2) is 59.1 Å². The molecule has 0 aliphatic heterocycles. The van der Waals surface area contributed by atoms with Gasteiger partial charge in [-0.3, -0.25) is 0 Å². The topological polar surface area (TPSA) is 90.2 Å². The van der Waals surface area contributed by atoms with Gasteiger partial charge in [-0.15, -0.1) is 0 Å². The Morgan fingerprint density at radius 1 is 0.737 bits per heavy atom. The number of ether oxygens (including phenoxy) is 1. The third kappa shape index (κ3) is 20.3. The molecule has 0 aromatic carbocycles. The van der Waals surface area contributed by atoms with Crippen LogP contribution in [0.3, 0.4) is 0 Å². The molecule has 0 bridgehead atoms. The summed E-state index contributed by atoms with van der Waals surface area (Å²) in [7, 11) is 0. The van der Waals surface area contributed by atoms with Gasteiger partial charge in [0, 0.05) is 0 Å². The van der Waals surface area contributed by atoms with Crippen LogP contribution in [0, 0.1) is 0 Å². The van der Waals surface area contributed by atoms with Crippen LogP contribution in [0.1, 0.15) is 52.4 Å². The third-order valence-electron chi connectivity index (χ3n) is 2.50. The molecule has 19 heavy (non-hydrogen) atoms. The number of hydrogen-bond donors (Lipinski definition) is 4. The fourth-order valence-electron chi connectivity index (χ4n) is 1.30. The molecule has 5 heteroatoms. The van der Waals surface area contributed by atoms with E-state index in [9.17, 15) is 0 Å². The average Bonchev–Trinajstić information content (AvgIpc) is 2.44. The fourth-order valence-corrected chi connectivity index (χ4v) is 1.30. The molecule has 0 aliphatic carbocycles. The Morgan fingerprint density at radius 3 is 1.37 bits per heavy atom. The molecule has 0 fully saturated rings. The molecule has 0 saturated carbocycles. The van der Waals surface area contributed by atoms with Crippen molar-refractivity contribution in [1.82, 2.24) is 0 Å². The van der Waals surface area contributed by atoms with Crippen LogP contribution < -0.4 is 0 Å². The van der Waals surface area contributed by atoms with Gasteiger partial charge in [-0.2, -0.15) is 0 Å². The maximum absolute atomic E-state index is 8.72. The number of aliphatic hydroxyl groups excluding tert-OH is 4. The van der Waals surface area contributed by atoms with Crippen LogP contribution in [0.4, 0.5) is 0 Å². The summed E-state index contributed by atoms with van der Waals surface area (Å²) < 4.78 is 4.72. The molecule has 2 atom stereocenters. The summed E-state index contributed by atoms with van der Waals surface area (Å²) in [5.74, 6) is 0. The van der Waals surface area contributed by atoms with Gasteiger partial charge in [0.05, 0.1) is 26.4 Å². The molecular weight excluding hydrogens is 248 g/mol. The Hall–Kier alpha value is -0.200. The molecule has 0 heterocycles. The molecule has 0 rings (SSSR count). The highest BCUT2D eigenvalue weighted by Crippen LogP contribution is 2.03. The molecule has 0 saturated heterocycles. The van der Waals surface area contributed by atoms with Crippen molar-refractivity contribution in [1.29, 1.82) is 0 Å². The van der Waals surface area contributed by atoms with Gasteiger partial charge in [-0.1, -0.05) is 52.4 Å². The van der Waals surface area contributed by atoms with Crippen LogP contribution in [0.5, 0.6) is 0 Å². The Balaban J connectivity index is 0. The van der Waals surface area contributed by atoms with Gasteiger partial charge >= 0.3 is 0 Å². The lowest BCUT2D eigenvalue weighted by Gasteiger charge is -2.10. The number of unbranched alkanes of at least 4 members (excludes halogenated alkanes) is 5. The summed E-state index contributed by atoms with van der Waals surface area (Å²) in [5.41, 5.74) is 0. The first kappa shape index (κ1) is 21.1. The monoisotopic (exact) mass is 280 g/mol. The largest absolute Gasteiger partial charge is 0.394 e. The summed E-state index contributed by atoms with van der Waals surface area (Å²) in [6, 6.07) is 0. The summed E-state index contributed by atoms with van der Waals surface area (Å²) in [6.07, 6.45) is 6.66. The second kappa shape index (κ2) is 17.8. The van der Waals surface area contributed by atoms with Gasteiger partial charge in [0.15, 0.2) is 0 Å². The van der Waals surface area contributed by atoms with Crippen molar-refractivity contribution < 1.29 is 25.2 Å². The van der Waals surface area contributed by atoms with E-state index in [2.05, 4.69) is 13.8 Å². The van der Waals surface area contributed by atoms with E-state index in [1.807, 2.05) is 0 Å². The molecule has 0 aromatic heterocycles. The van der Waals surface area contributed by atoms with Crippen molar-refractivity contribution in [2.45, 2.75) is 64.6 Å². The van der Waals surface area contributed by atoms with E-state index >= 15 is 0 Å². The van der Waals surface area contributed by atoms with E-state index in [4.69, 9.17) is 25.2 Å². The first-order chi connectivity index (χ1) is 9.12. The van der Waals surface area contributed by atoms with Crippen molar-refractivity contribution in [3.8, 4) is 0 Å². The van der Waals surface area contributed by atoms with Crippen LogP contribution in [-0.2, 0) is 4.74 Å².